The van der Waals surface area contributed by atoms with E-state index in [1.165, 1.54) is 79.1 Å². The molecule has 6 amide bonds. The molecule has 5 atom stereocenters. The van der Waals surface area contributed by atoms with Crippen LogP contribution in [0.5, 0.6) is 0 Å². The van der Waals surface area contributed by atoms with Crippen molar-refractivity contribution in [1.29, 1.82) is 0 Å². The molecule has 0 aliphatic carbocycles. The number of aromatic amines is 2. The molecule has 43 heteroatoms. The highest BCUT2D eigenvalue weighted by Crippen LogP contribution is 2.33. The fraction of sp³-hybridized carbons (Fsp3) is 0.362. The van der Waals surface area contributed by atoms with Gasteiger partial charge < -0.3 is 90.8 Å². The zero-order valence-electron chi connectivity index (χ0n) is 61.2. The number of benzene rings is 4. The summed E-state index contributed by atoms with van der Waals surface area (Å²) in [4.78, 5) is 149. The van der Waals surface area contributed by atoms with Gasteiger partial charge in [0, 0.05) is 107 Å². The maximum absolute atomic E-state index is 14.1. The molecule has 4 aromatic heterocycles. The zero-order chi connectivity index (χ0) is 82.2. The van der Waals surface area contributed by atoms with Gasteiger partial charge in [0.15, 0.2) is 11.9 Å². The van der Waals surface area contributed by atoms with Crippen molar-refractivity contribution in [2.75, 3.05) is 55.4 Å². The fourth-order valence-corrected chi connectivity index (χ4v) is 17.0. The number of aliphatic carboxylic acids is 2. The number of carboxylic acids is 2. The molecule has 4 aromatic carbocycles. The number of H-pyrrole nitrogens is 2. The van der Waals surface area contributed by atoms with Crippen molar-refractivity contribution in [2.45, 2.75) is 126 Å². The molecule has 0 aliphatic rings. The Morgan fingerprint density at radius 1 is 0.527 bits per heavy atom. The van der Waals surface area contributed by atoms with Gasteiger partial charge in [-0.1, -0.05) is 48.0 Å². The van der Waals surface area contributed by atoms with Crippen LogP contribution in [0.15, 0.2) is 123 Å². The van der Waals surface area contributed by atoms with Gasteiger partial charge in [-0.05, 0) is 119 Å². The van der Waals surface area contributed by atoms with Crippen molar-refractivity contribution in [3.8, 4) is 0 Å². The molecule has 0 unspecified atom stereocenters. The molecular weight excluding hydrogens is 1550 g/mol. The van der Waals surface area contributed by atoms with Gasteiger partial charge in [-0.2, -0.15) is 17.9 Å². The maximum atomic E-state index is 14.1. The van der Waals surface area contributed by atoms with Crippen molar-refractivity contribution in [1.82, 2.24) is 75.7 Å². The Morgan fingerprint density at radius 3 is 1.37 bits per heavy atom. The number of amides is 6. The first-order chi connectivity index (χ1) is 52.7. The highest BCUT2D eigenvalue weighted by molar-refractivity contribution is 8.19. The molecule has 0 fully saturated rings. The van der Waals surface area contributed by atoms with E-state index < -0.39 is 178 Å². The predicted molar refractivity (Wildman–Crippen MR) is 411 cm³/mol. The second-order valence-corrected chi connectivity index (χ2v) is 32.6. The number of nitrogens with zero attached hydrogens (tertiary/aromatic N) is 4. The van der Waals surface area contributed by atoms with Crippen LogP contribution in [0.2, 0.25) is 0 Å². The summed E-state index contributed by atoms with van der Waals surface area (Å²) >= 11 is 0. The lowest BCUT2D eigenvalue weighted by atomic mass is 10.1. The first-order valence-electron chi connectivity index (χ1n) is 34.5. The zero-order valence-corrected chi connectivity index (χ0v) is 64.5. The molecule has 39 nitrogen and oxygen atoms in total. The number of carboxylic acid groups (broad SMARTS) is 2. The molecule has 4 heterocycles. The van der Waals surface area contributed by atoms with Gasteiger partial charge in [-0.3, -0.25) is 52.5 Å². The molecule has 0 radical (unpaired) electrons. The molecule has 8 aromatic rings. The largest absolute Gasteiger partial charge is 0.480 e. The predicted octanol–water partition coefficient (Wildman–Crippen LogP) is 1.01. The minimum absolute atomic E-state index is 0.00767. The van der Waals surface area contributed by atoms with E-state index in [1.807, 2.05) is 0 Å². The number of fused-ring (bicyclic) bond motifs is 2. The maximum Gasteiger partial charge on any atom is 0.323 e. The van der Waals surface area contributed by atoms with Gasteiger partial charge in [-0.15, -0.1) is 0 Å². The first-order valence-corrected chi connectivity index (χ1v) is 40.7. The molecule has 19 N–H and O–H groups in total. The van der Waals surface area contributed by atoms with E-state index in [4.69, 9.17) is 0 Å². The lowest BCUT2D eigenvalue weighted by molar-refractivity contribution is -0.139. The van der Waals surface area contributed by atoms with E-state index in [2.05, 4.69) is 77.2 Å². The number of sulfonamides is 2. The van der Waals surface area contributed by atoms with E-state index in [9.17, 15) is 102 Å². The fourth-order valence-electron chi connectivity index (χ4n) is 12.3. The summed E-state index contributed by atoms with van der Waals surface area (Å²) in [6.07, 6.45) is 7.44. The number of pyridine rings is 2. The minimum atomic E-state index is -5.03. The molecule has 0 spiro atoms. The summed E-state index contributed by atoms with van der Waals surface area (Å²) in [5.74, 6) is -11.3. The number of carbonyl (C=O) groups is 8. The summed E-state index contributed by atoms with van der Waals surface area (Å²) in [5.41, 5.74) is 1.36. The van der Waals surface area contributed by atoms with Crippen LogP contribution >= 0.6 is 10.9 Å². The van der Waals surface area contributed by atoms with Crippen molar-refractivity contribution in [3.05, 3.63) is 174 Å². The van der Waals surface area contributed by atoms with Gasteiger partial charge in [0.25, 0.3) is 21.9 Å². The number of aryl methyl sites for hydroxylation is 7. The third-order valence-electron chi connectivity index (χ3n) is 17.5. The summed E-state index contributed by atoms with van der Waals surface area (Å²) in [6.45, 7) is 5.93. The van der Waals surface area contributed by atoms with Crippen LogP contribution in [-0.4, -0.2) is 205 Å². The van der Waals surface area contributed by atoms with Crippen molar-refractivity contribution < 1.29 is 92.0 Å². The van der Waals surface area contributed by atoms with Crippen LogP contribution in [0.25, 0.3) is 21.8 Å². The quantitative estimate of drug-likeness (QED) is 0.0188. The standard InChI is InChI=1S/C69H87N17O22S4/c1-38-26-41(4)60(42(5)27-38)112(107,108)84-51(67(97)98)33-78-62(91)48-35-86(55-29-44(13-15-46(55)58(48)89)31-80-69-75-22-23-76-69)25-9-19-72-64(93)53(37-110(102,103)104)82-65(94)49(70-6)16-17-56(87)81-52(36-109(99,100)101)63(92)71-18-8-24-85-34-47(57(88)45-14-12-43(28-54(45)85)30-79-68-73-20-21-74-68)61(90)77-32-50(66(95)96)83-111(105,106)59-39(2)10-7-11-40(59)3/h7,10-15,20-23,26-29,34-35,49-53,70,83-84,99-101H,8-9,16-19,24-25,30-33,36-37H2,1-6H3,(H,71,92)(H,72,93)(H,77,90)(H,78,91)(H,81,87)(H,82,94)(H,95,96)(H,97,98)(H2,73,74,79)(H2,75,76,80)(H,102,103,104)/t49-,50-,51-,52-,53-/m0/s1. The Morgan fingerprint density at radius 2 is 0.964 bits per heavy atom. The van der Waals surface area contributed by atoms with Gasteiger partial charge in [-0.25, -0.2) is 26.8 Å². The Kier molecular flexibility index (Phi) is 29.2. The van der Waals surface area contributed by atoms with Gasteiger partial charge in [0.2, 0.25) is 54.5 Å². The van der Waals surface area contributed by atoms with Gasteiger partial charge >= 0.3 is 11.9 Å². The number of hydrogen-bond donors (Lipinski definition) is 19. The average molecular weight is 1630 g/mol. The van der Waals surface area contributed by atoms with Gasteiger partial charge in [0.05, 0.1) is 43.5 Å². The second kappa shape index (κ2) is 37.8. The number of likely N-dealkylation sites (N-methyl/N-ethyl adjacent to an activating group) is 1. The number of carbonyl (C=O) groups excluding carboxylic acids is 6. The molecule has 0 saturated carbocycles. The molecule has 0 aliphatic heterocycles. The van der Waals surface area contributed by atoms with Crippen molar-refractivity contribution >= 4 is 122 Å². The topological polar surface area (TPSA) is 594 Å². The Bertz CT molecular complexity index is 5280. The van der Waals surface area contributed by atoms with Gasteiger partial charge in [0.1, 0.15) is 41.0 Å². The molecule has 604 valence electrons. The first kappa shape index (κ1) is 86.6. The van der Waals surface area contributed by atoms with Crippen LogP contribution in [0, 0.1) is 34.6 Å². The second-order valence-electron chi connectivity index (χ2n) is 26.2. The van der Waals surface area contributed by atoms with Crippen molar-refractivity contribution in [2.24, 2.45) is 0 Å². The van der Waals surface area contributed by atoms with Crippen LogP contribution in [0.1, 0.15) is 85.3 Å². The Labute approximate surface area is 642 Å². The summed E-state index contributed by atoms with van der Waals surface area (Å²) in [5, 5.41) is 43.1. The van der Waals surface area contributed by atoms with Crippen LogP contribution < -0.4 is 68.2 Å². The van der Waals surface area contributed by atoms with Crippen molar-refractivity contribution in [3.63, 3.8) is 0 Å². The Balaban J connectivity index is 0.897. The smallest absolute Gasteiger partial charge is 0.323 e. The molecule has 8 rings (SSSR count). The monoisotopic (exact) mass is 1630 g/mol. The number of imidazole rings is 2. The lowest BCUT2D eigenvalue weighted by Gasteiger charge is -2.26. The number of anilines is 2. The third-order valence-corrected chi connectivity index (χ3v) is 22.6. The normalized spacial score (nSPS) is 13.4. The van der Waals surface area contributed by atoms with Crippen LogP contribution in [0.4, 0.5) is 11.9 Å². The van der Waals surface area contributed by atoms with E-state index in [0.29, 0.717) is 45.3 Å². The highest BCUT2D eigenvalue weighted by Gasteiger charge is 2.34. The third kappa shape index (κ3) is 23.8. The molecule has 0 saturated heterocycles. The average Bonchev–Trinajstić information content (AvgIpc) is 0.805. The van der Waals surface area contributed by atoms with E-state index in [0.717, 1.165) is 5.56 Å². The molecule has 0 bridgehead atoms. The SMILES string of the molecule is CN[C@@H](CCC(=O)N[C@@H](CS(O)(O)O)C(=O)NCCCn1cc(C(=O)NC[C@H](NS(=O)(=O)c2c(C)cccc2C)C(=O)O)c(=O)c2ccc(CNc3ncc[nH]3)cc21)C(=O)N[C@@H](CS(=O)(=O)O)C(=O)NCCCn1cc(C(=O)NC[C@H](NS(=O)(=O)c2c(C)cc(C)cc2C)C(=O)O)c(=O)c2ccc(CNc3ncc[nH]3)cc21. The number of aromatic nitrogens is 6. The van der Waals surface area contributed by atoms with Crippen LogP contribution in [0.3, 0.4) is 0 Å². The number of nitrogens with one attached hydrogen (secondary N) is 13. The minimum Gasteiger partial charge on any atom is -0.480 e. The molecule has 112 heavy (non-hydrogen) atoms. The van der Waals surface area contributed by atoms with E-state index >= 15 is 0 Å². The number of rotatable bonds is 41. The van der Waals surface area contributed by atoms with E-state index in [-0.39, 0.29) is 83.7 Å². The summed E-state index contributed by atoms with van der Waals surface area (Å²) in [7, 11) is -17.2. The lowest BCUT2D eigenvalue weighted by Crippen LogP contribution is -2.55. The van der Waals surface area contributed by atoms with Crippen LogP contribution in [-0.2, 0) is 85.1 Å². The number of hydrogen-bond acceptors (Lipinski definition) is 24. The Hall–Kier alpha value is -11.0. The highest BCUT2D eigenvalue weighted by atomic mass is 32.3. The van der Waals surface area contributed by atoms with E-state index in [1.54, 1.807) is 75.6 Å². The molecular formula is C69H87N17O22S4. The summed E-state index contributed by atoms with van der Waals surface area (Å²) < 4.78 is 126. The summed E-state index contributed by atoms with van der Waals surface area (Å²) in [6, 6.07) is 8.18.